The molecule has 0 saturated carbocycles. The first-order chi connectivity index (χ1) is 14.4. The number of anilines is 1. The Morgan fingerprint density at radius 1 is 0.733 bits per heavy atom. The standard InChI is InChI=1S/C22H15F3N2O3/c23-16-10-11-17(20(25)19(16)24)27-18(28)12-26-22(30)15-9-5-4-8-14(15)21(29)13-6-2-1-3-7-13/h1-11H,12H2,(H,26,30)(H,27,28). The van der Waals surface area contributed by atoms with Crippen LogP contribution in [-0.2, 0) is 4.79 Å². The van der Waals surface area contributed by atoms with Gasteiger partial charge in [0.2, 0.25) is 5.91 Å². The number of hydrogen-bond donors (Lipinski definition) is 2. The van der Waals surface area contributed by atoms with Gasteiger partial charge in [0.25, 0.3) is 5.91 Å². The predicted octanol–water partition coefficient (Wildman–Crippen LogP) is 3.70. The summed E-state index contributed by atoms with van der Waals surface area (Å²) in [5.41, 5.74) is 0.0310. The van der Waals surface area contributed by atoms with Crippen molar-refractivity contribution in [3.05, 3.63) is 101 Å². The second kappa shape index (κ2) is 9.04. The fraction of sp³-hybridized carbons (Fsp3) is 0.0455. The Hall–Kier alpha value is -3.94. The van der Waals surface area contributed by atoms with Crippen LogP contribution in [0.4, 0.5) is 18.9 Å². The first-order valence-electron chi connectivity index (χ1n) is 8.79. The van der Waals surface area contributed by atoms with Crippen molar-refractivity contribution in [2.24, 2.45) is 0 Å². The zero-order chi connectivity index (χ0) is 21.7. The number of benzene rings is 3. The molecular formula is C22H15F3N2O3. The van der Waals surface area contributed by atoms with E-state index in [1.807, 2.05) is 5.32 Å². The van der Waals surface area contributed by atoms with Crippen LogP contribution in [0.1, 0.15) is 26.3 Å². The van der Waals surface area contributed by atoms with Crippen molar-refractivity contribution in [1.29, 1.82) is 0 Å². The molecule has 0 spiro atoms. The van der Waals surface area contributed by atoms with Crippen LogP contribution in [-0.4, -0.2) is 24.1 Å². The molecule has 152 valence electrons. The number of carbonyl (C=O) groups is 3. The van der Waals surface area contributed by atoms with E-state index in [0.717, 1.165) is 6.07 Å². The maximum Gasteiger partial charge on any atom is 0.252 e. The molecule has 3 rings (SSSR count). The lowest BCUT2D eigenvalue weighted by Crippen LogP contribution is -2.34. The van der Waals surface area contributed by atoms with E-state index in [0.29, 0.717) is 11.6 Å². The van der Waals surface area contributed by atoms with Crippen molar-refractivity contribution in [2.75, 3.05) is 11.9 Å². The lowest BCUT2D eigenvalue weighted by molar-refractivity contribution is -0.115. The van der Waals surface area contributed by atoms with Crippen LogP contribution >= 0.6 is 0 Å². The highest BCUT2D eigenvalue weighted by Gasteiger charge is 2.19. The Kier molecular flexibility index (Phi) is 6.26. The average Bonchev–Trinajstić information content (AvgIpc) is 2.78. The summed E-state index contributed by atoms with van der Waals surface area (Å²) >= 11 is 0. The lowest BCUT2D eigenvalue weighted by Gasteiger charge is -2.11. The maximum atomic E-state index is 13.6. The maximum absolute atomic E-state index is 13.6. The third-order valence-electron chi connectivity index (χ3n) is 4.17. The minimum absolute atomic E-state index is 0.0539. The van der Waals surface area contributed by atoms with E-state index in [2.05, 4.69) is 5.32 Å². The molecule has 0 aliphatic heterocycles. The van der Waals surface area contributed by atoms with Crippen molar-refractivity contribution in [3.8, 4) is 0 Å². The molecule has 0 bridgehead atoms. The smallest absolute Gasteiger partial charge is 0.252 e. The van der Waals surface area contributed by atoms with Crippen LogP contribution in [0.2, 0.25) is 0 Å². The topological polar surface area (TPSA) is 75.3 Å². The fourth-order valence-corrected chi connectivity index (χ4v) is 2.70. The minimum atomic E-state index is -1.72. The molecule has 5 nitrogen and oxygen atoms in total. The number of ketones is 1. The van der Waals surface area contributed by atoms with Crippen LogP contribution < -0.4 is 10.6 Å². The summed E-state index contributed by atoms with van der Waals surface area (Å²) in [4.78, 5) is 37.1. The molecule has 0 atom stereocenters. The van der Waals surface area contributed by atoms with Crippen molar-refractivity contribution < 1.29 is 27.6 Å². The van der Waals surface area contributed by atoms with Gasteiger partial charge in [0.05, 0.1) is 17.8 Å². The molecule has 0 aromatic heterocycles. The Morgan fingerprint density at radius 2 is 1.37 bits per heavy atom. The Balaban J connectivity index is 1.69. The molecule has 2 N–H and O–H groups in total. The lowest BCUT2D eigenvalue weighted by atomic mass is 9.98. The quantitative estimate of drug-likeness (QED) is 0.479. The number of hydrogen-bond acceptors (Lipinski definition) is 3. The summed E-state index contributed by atoms with van der Waals surface area (Å²) < 4.78 is 39.8. The van der Waals surface area contributed by atoms with E-state index in [1.54, 1.807) is 42.5 Å². The van der Waals surface area contributed by atoms with E-state index in [1.165, 1.54) is 12.1 Å². The van der Waals surface area contributed by atoms with Gasteiger partial charge in [-0.3, -0.25) is 14.4 Å². The van der Waals surface area contributed by atoms with Crippen molar-refractivity contribution >= 4 is 23.3 Å². The number of amides is 2. The van der Waals surface area contributed by atoms with Gasteiger partial charge < -0.3 is 10.6 Å². The van der Waals surface area contributed by atoms with Crippen LogP contribution in [0, 0.1) is 17.5 Å². The van der Waals surface area contributed by atoms with Gasteiger partial charge >= 0.3 is 0 Å². The zero-order valence-corrected chi connectivity index (χ0v) is 15.4. The van der Waals surface area contributed by atoms with Crippen molar-refractivity contribution in [1.82, 2.24) is 5.32 Å². The highest BCUT2D eigenvalue weighted by molar-refractivity contribution is 6.15. The molecule has 0 unspecified atom stereocenters. The Labute approximate surface area is 169 Å². The molecule has 8 heteroatoms. The molecule has 0 saturated heterocycles. The van der Waals surface area contributed by atoms with Gasteiger partial charge in [-0.05, 0) is 18.2 Å². The van der Waals surface area contributed by atoms with Gasteiger partial charge in [-0.2, -0.15) is 0 Å². The van der Waals surface area contributed by atoms with E-state index >= 15 is 0 Å². The van der Waals surface area contributed by atoms with Gasteiger partial charge in [0.15, 0.2) is 23.2 Å². The normalized spacial score (nSPS) is 10.4. The summed E-state index contributed by atoms with van der Waals surface area (Å²) in [6.07, 6.45) is 0. The number of halogens is 3. The summed E-state index contributed by atoms with van der Waals surface area (Å²) in [5.74, 6) is -6.58. The van der Waals surface area contributed by atoms with Gasteiger partial charge in [-0.15, -0.1) is 0 Å². The number of nitrogens with one attached hydrogen (secondary N) is 2. The predicted molar refractivity (Wildman–Crippen MR) is 104 cm³/mol. The first-order valence-corrected chi connectivity index (χ1v) is 8.79. The summed E-state index contributed by atoms with van der Waals surface area (Å²) in [6, 6.07) is 16.0. The largest absolute Gasteiger partial charge is 0.343 e. The summed E-state index contributed by atoms with van der Waals surface area (Å²) in [6.45, 7) is -0.578. The van der Waals surface area contributed by atoms with Crippen LogP contribution in [0.3, 0.4) is 0 Å². The second-order valence-corrected chi connectivity index (χ2v) is 6.19. The van der Waals surface area contributed by atoms with Crippen LogP contribution in [0.15, 0.2) is 66.7 Å². The second-order valence-electron chi connectivity index (χ2n) is 6.19. The molecule has 0 heterocycles. The third-order valence-corrected chi connectivity index (χ3v) is 4.17. The SMILES string of the molecule is O=C(CNC(=O)c1ccccc1C(=O)c1ccccc1)Nc1ccc(F)c(F)c1F. The fourth-order valence-electron chi connectivity index (χ4n) is 2.70. The Bertz CT molecular complexity index is 1120. The molecule has 30 heavy (non-hydrogen) atoms. The highest BCUT2D eigenvalue weighted by atomic mass is 19.2. The van der Waals surface area contributed by atoms with Gasteiger partial charge in [0, 0.05) is 11.1 Å². The summed E-state index contributed by atoms with van der Waals surface area (Å²) in [7, 11) is 0. The molecule has 3 aromatic rings. The van der Waals surface area contributed by atoms with E-state index < -0.39 is 41.5 Å². The minimum Gasteiger partial charge on any atom is -0.343 e. The van der Waals surface area contributed by atoms with Crippen molar-refractivity contribution in [2.45, 2.75) is 0 Å². The molecule has 0 aliphatic rings. The van der Waals surface area contributed by atoms with Gasteiger partial charge in [0.1, 0.15) is 0 Å². The zero-order valence-electron chi connectivity index (χ0n) is 15.4. The molecule has 0 fully saturated rings. The monoisotopic (exact) mass is 412 g/mol. The van der Waals surface area contributed by atoms with E-state index in [4.69, 9.17) is 0 Å². The van der Waals surface area contributed by atoms with E-state index in [9.17, 15) is 27.6 Å². The van der Waals surface area contributed by atoms with Crippen LogP contribution in [0.25, 0.3) is 0 Å². The number of rotatable bonds is 6. The number of carbonyl (C=O) groups excluding carboxylic acids is 3. The van der Waals surface area contributed by atoms with Gasteiger partial charge in [-0.1, -0.05) is 48.5 Å². The van der Waals surface area contributed by atoms with E-state index in [-0.39, 0.29) is 16.9 Å². The molecular weight excluding hydrogens is 397 g/mol. The first kappa shape index (κ1) is 20.8. The van der Waals surface area contributed by atoms with Crippen molar-refractivity contribution in [3.63, 3.8) is 0 Å². The third kappa shape index (κ3) is 4.54. The molecule has 0 radical (unpaired) electrons. The highest BCUT2D eigenvalue weighted by Crippen LogP contribution is 2.19. The van der Waals surface area contributed by atoms with Gasteiger partial charge in [-0.25, -0.2) is 13.2 Å². The molecule has 2 amide bonds. The molecule has 0 aliphatic carbocycles. The van der Waals surface area contributed by atoms with Crippen LogP contribution in [0.5, 0.6) is 0 Å². The summed E-state index contributed by atoms with van der Waals surface area (Å²) in [5, 5.41) is 4.36. The molecule has 3 aromatic carbocycles. The Morgan fingerprint density at radius 3 is 2.07 bits per heavy atom. The average molecular weight is 412 g/mol.